The van der Waals surface area contributed by atoms with Gasteiger partial charge in [-0.3, -0.25) is 4.90 Å². The van der Waals surface area contributed by atoms with Crippen molar-refractivity contribution >= 4 is 11.5 Å². The molecule has 0 spiro atoms. The molecule has 0 bridgehead atoms. The minimum Gasteiger partial charge on any atom is -0.396 e. The summed E-state index contributed by atoms with van der Waals surface area (Å²) in [6.07, 6.45) is 4.39. The highest BCUT2D eigenvalue weighted by Gasteiger charge is 2.24. The van der Waals surface area contributed by atoms with Gasteiger partial charge in [-0.2, -0.15) is 0 Å². The van der Waals surface area contributed by atoms with Crippen LogP contribution in [-0.2, 0) is 0 Å². The highest BCUT2D eigenvalue weighted by atomic mass is 15.2. The van der Waals surface area contributed by atoms with Gasteiger partial charge in [0.15, 0.2) is 5.82 Å². The topological polar surface area (TPSA) is 45.4 Å². The SMILES string of the molecule is CCN1CCCC1CN(C)c1ncccc1N. The molecule has 94 valence electrons. The fraction of sp³-hybridized carbons (Fsp3) is 0.615. The summed E-state index contributed by atoms with van der Waals surface area (Å²) in [7, 11) is 2.07. The third-order valence-corrected chi connectivity index (χ3v) is 3.57. The fourth-order valence-electron chi connectivity index (χ4n) is 2.65. The summed E-state index contributed by atoms with van der Waals surface area (Å²) in [5.74, 6) is 0.899. The summed E-state index contributed by atoms with van der Waals surface area (Å²) in [6.45, 7) is 5.60. The Labute approximate surface area is 103 Å². The molecular formula is C13H22N4. The zero-order valence-electron chi connectivity index (χ0n) is 10.8. The summed E-state index contributed by atoms with van der Waals surface area (Å²) in [5.41, 5.74) is 6.71. The molecule has 0 aliphatic carbocycles. The van der Waals surface area contributed by atoms with Crippen LogP contribution in [-0.4, -0.2) is 42.6 Å². The molecular weight excluding hydrogens is 212 g/mol. The molecule has 0 aromatic carbocycles. The lowest BCUT2D eigenvalue weighted by Crippen LogP contribution is -2.39. The van der Waals surface area contributed by atoms with Crippen molar-refractivity contribution in [3.8, 4) is 0 Å². The average Bonchev–Trinajstić information content (AvgIpc) is 2.76. The average molecular weight is 234 g/mol. The second-order valence-corrected chi connectivity index (χ2v) is 4.72. The van der Waals surface area contributed by atoms with E-state index in [4.69, 9.17) is 5.73 Å². The number of pyridine rings is 1. The van der Waals surface area contributed by atoms with E-state index >= 15 is 0 Å². The first-order chi connectivity index (χ1) is 8.22. The van der Waals surface area contributed by atoms with Crippen LogP contribution in [0, 0.1) is 0 Å². The number of hydrogen-bond donors (Lipinski definition) is 1. The maximum absolute atomic E-state index is 5.95. The second kappa shape index (κ2) is 5.36. The van der Waals surface area contributed by atoms with Crippen LogP contribution < -0.4 is 10.6 Å². The van der Waals surface area contributed by atoms with Gasteiger partial charge in [-0.15, -0.1) is 0 Å². The summed E-state index contributed by atoms with van der Waals surface area (Å²) in [5, 5.41) is 0. The number of nitrogen functional groups attached to an aromatic ring is 1. The van der Waals surface area contributed by atoms with Crippen LogP contribution in [0.3, 0.4) is 0 Å². The van der Waals surface area contributed by atoms with Crippen LogP contribution in [0.5, 0.6) is 0 Å². The van der Waals surface area contributed by atoms with E-state index in [2.05, 4.69) is 28.8 Å². The van der Waals surface area contributed by atoms with E-state index in [0.29, 0.717) is 6.04 Å². The van der Waals surface area contributed by atoms with Gasteiger partial charge >= 0.3 is 0 Å². The third kappa shape index (κ3) is 2.69. The number of rotatable bonds is 4. The minimum absolute atomic E-state index is 0.645. The van der Waals surface area contributed by atoms with Crippen LogP contribution in [0.4, 0.5) is 11.5 Å². The molecule has 1 unspecified atom stereocenters. The number of aromatic nitrogens is 1. The van der Waals surface area contributed by atoms with Crippen LogP contribution >= 0.6 is 0 Å². The monoisotopic (exact) mass is 234 g/mol. The predicted molar refractivity (Wildman–Crippen MR) is 72.2 cm³/mol. The number of nitrogens with zero attached hydrogens (tertiary/aromatic N) is 3. The van der Waals surface area contributed by atoms with E-state index in [1.54, 1.807) is 6.20 Å². The summed E-state index contributed by atoms with van der Waals surface area (Å²) < 4.78 is 0. The first-order valence-electron chi connectivity index (χ1n) is 6.38. The van der Waals surface area contributed by atoms with Crippen molar-refractivity contribution in [3.05, 3.63) is 18.3 Å². The van der Waals surface area contributed by atoms with Crippen molar-refractivity contribution in [1.29, 1.82) is 0 Å². The number of nitrogens with two attached hydrogens (primary N) is 1. The molecule has 1 aromatic heterocycles. The van der Waals surface area contributed by atoms with Gasteiger partial charge in [0.1, 0.15) is 0 Å². The van der Waals surface area contributed by atoms with E-state index in [1.807, 2.05) is 12.1 Å². The molecule has 4 heteroatoms. The van der Waals surface area contributed by atoms with Crippen LogP contribution in [0.2, 0.25) is 0 Å². The molecule has 1 aromatic rings. The normalized spacial score (nSPS) is 20.7. The van der Waals surface area contributed by atoms with Gasteiger partial charge in [0.2, 0.25) is 0 Å². The Kier molecular flexibility index (Phi) is 3.84. The second-order valence-electron chi connectivity index (χ2n) is 4.72. The zero-order valence-corrected chi connectivity index (χ0v) is 10.8. The standard InChI is InChI=1S/C13H22N4/c1-3-17-9-5-6-11(17)10-16(2)13-12(14)7-4-8-15-13/h4,7-8,11H,3,5-6,9-10,14H2,1-2H3. The molecule has 0 amide bonds. The molecule has 0 saturated carbocycles. The van der Waals surface area contributed by atoms with Gasteiger partial charge in [0, 0.05) is 25.8 Å². The van der Waals surface area contributed by atoms with E-state index < -0.39 is 0 Å². The number of anilines is 2. The maximum Gasteiger partial charge on any atom is 0.151 e. The molecule has 1 fully saturated rings. The molecule has 1 atom stereocenters. The first kappa shape index (κ1) is 12.2. The molecule has 17 heavy (non-hydrogen) atoms. The number of hydrogen-bond acceptors (Lipinski definition) is 4. The Morgan fingerprint density at radius 2 is 2.41 bits per heavy atom. The van der Waals surface area contributed by atoms with Gasteiger partial charge in [-0.05, 0) is 38.1 Å². The lowest BCUT2D eigenvalue weighted by Gasteiger charge is -2.28. The van der Waals surface area contributed by atoms with Crippen molar-refractivity contribution < 1.29 is 0 Å². The maximum atomic E-state index is 5.95. The van der Waals surface area contributed by atoms with Gasteiger partial charge in [-0.25, -0.2) is 4.98 Å². The summed E-state index contributed by atoms with van der Waals surface area (Å²) in [6, 6.07) is 4.43. The Bertz CT molecular complexity index is 366. The van der Waals surface area contributed by atoms with E-state index in [9.17, 15) is 0 Å². The van der Waals surface area contributed by atoms with E-state index in [-0.39, 0.29) is 0 Å². The molecule has 1 aliphatic heterocycles. The Balaban J connectivity index is 2.01. The zero-order chi connectivity index (χ0) is 12.3. The molecule has 2 heterocycles. The third-order valence-electron chi connectivity index (χ3n) is 3.57. The molecule has 1 saturated heterocycles. The molecule has 0 radical (unpaired) electrons. The predicted octanol–water partition coefficient (Wildman–Crippen LogP) is 1.58. The van der Waals surface area contributed by atoms with Crippen LogP contribution in [0.25, 0.3) is 0 Å². The highest BCUT2D eigenvalue weighted by molar-refractivity contribution is 5.61. The smallest absolute Gasteiger partial charge is 0.151 e. The summed E-state index contributed by atoms with van der Waals surface area (Å²) in [4.78, 5) is 9.07. The number of likely N-dealkylation sites (N-methyl/N-ethyl adjacent to an activating group) is 2. The van der Waals surface area contributed by atoms with Crippen molar-refractivity contribution in [2.75, 3.05) is 37.3 Å². The van der Waals surface area contributed by atoms with Gasteiger partial charge < -0.3 is 10.6 Å². The molecule has 2 N–H and O–H groups in total. The quantitative estimate of drug-likeness (QED) is 0.859. The molecule has 4 nitrogen and oxygen atoms in total. The van der Waals surface area contributed by atoms with E-state index in [0.717, 1.165) is 24.6 Å². The minimum atomic E-state index is 0.645. The lowest BCUT2D eigenvalue weighted by molar-refractivity contribution is 0.270. The number of likely N-dealkylation sites (tertiary alicyclic amines) is 1. The molecule has 2 rings (SSSR count). The fourth-order valence-corrected chi connectivity index (χ4v) is 2.65. The first-order valence-corrected chi connectivity index (χ1v) is 6.38. The van der Waals surface area contributed by atoms with Crippen LogP contribution in [0.1, 0.15) is 19.8 Å². The van der Waals surface area contributed by atoms with Crippen LogP contribution in [0.15, 0.2) is 18.3 Å². The highest BCUT2D eigenvalue weighted by Crippen LogP contribution is 2.22. The van der Waals surface area contributed by atoms with Crippen molar-refractivity contribution in [2.45, 2.75) is 25.8 Å². The Hall–Kier alpha value is -1.29. The lowest BCUT2D eigenvalue weighted by atomic mass is 10.2. The summed E-state index contributed by atoms with van der Waals surface area (Å²) >= 11 is 0. The van der Waals surface area contributed by atoms with Crippen molar-refractivity contribution in [1.82, 2.24) is 9.88 Å². The van der Waals surface area contributed by atoms with Gasteiger partial charge in [0.05, 0.1) is 5.69 Å². The van der Waals surface area contributed by atoms with Crippen molar-refractivity contribution in [2.24, 2.45) is 0 Å². The van der Waals surface area contributed by atoms with E-state index in [1.165, 1.54) is 19.4 Å². The Morgan fingerprint density at radius 1 is 1.59 bits per heavy atom. The molecule has 1 aliphatic rings. The van der Waals surface area contributed by atoms with Crippen molar-refractivity contribution in [3.63, 3.8) is 0 Å². The van der Waals surface area contributed by atoms with Gasteiger partial charge in [-0.1, -0.05) is 6.92 Å². The largest absolute Gasteiger partial charge is 0.396 e. The van der Waals surface area contributed by atoms with Gasteiger partial charge in [0.25, 0.3) is 0 Å². The Morgan fingerprint density at radius 3 is 3.12 bits per heavy atom.